The standard InChI is InChI=1S/C21H14F3NO6S/c22-21(23,24)31-16-4-2-1-3-13(16)12-8-17(32-10-12)18(26)25-9-11-5-6-14(19(27)28)15(7-11)20(29)30/h1-8,10H,9H2,(H,25,26)(H,27,28)(H,29,30). The van der Waals surface area contributed by atoms with Crippen LogP contribution in [0.15, 0.2) is 53.9 Å². The van der Waals surface area contributed by atoms with Gasteiger partial charge in [-0.05, 0) is 40.8 Å². The van der Waals surface area contributed by atoms with Gasteiger partial charge in [0.1, 0.15) is 5.75 Å². The van der Waals surface area contributed by atoms with Crippen LogP contribution in [0.4, 0.5) is 13.2 Å². The SMILES string of the molecule is O=C(NCc1ccc(C(=O)O)c(C(=O)O)c1)c1cc(-c2ccccc2OC(F)(F)F)cs1. The Morgan fingerprint density at radius 1 is 0.969 bits per heavy atom. The quantitative estimate of drug-likeness (QED) is 0.469. The zero-order valence-electron chi connectivity index (χ0n) is 16.0. The Hall–Kier alpha value is -3.86. The monoisotopic (exact) mass is 465 g/mol. The largest absolute Gasteiger partial charge is 0.573 e. The molecule has 1 amide bonds. The molecule has 0 radical (unpaired) electrons. The molecule has 0 saturated carbocycles. The van der Waals surface area contributed by atoms with Crippen LogP contribution in [-0.4, -0.2) is 34.4 Å². The molecule has 0 aliphatic heterocycles. The number of carbonyl (C=O) groups excluding carboxylic acids is 1. The number of benzene rings is 2. The van der Waals surface area contributed by atoms with Crippen molar-refractivity contribution in [3.63, 3.8) is 0 Å². The molecule has 2 aromatic carbocycles. The number of rotatable bonds is 7. The van der Waals surface area contributed by atoms with Crippen LogP contribution in [0.3, 0.4) is 0 Å². The zero-order chi connectivity index (χ0) is 23.5. The molecule has 0 atom stereocenters. The molecule has 1 heterocycles. The maximum absolute atomic E-state index is 12.6. The van der Waals surface area contributed by atoms with Crippen LogP contribution >= 0.6 is 11.3 Å². The van der Waals surface area contributed by atoms with Crippen LogP contribution in [0.2, 0.25) is 0 Å². The highest BCUT2D eigenvalue weighted by Crippen LogP contribution is 2.35. The summed E-state index contributed by atoms with van der Waals surface area (Å²) in [6, 6.07) is 10.6. The van der Waals surface area contributed by atoms with Gasteiger partial charge in [-0.2, -0.15) is 0 Å². The summed E-state index contributed by atoms with van der Waals surface area (Å²) < 4.78 is 41.9. The van der Waals surface area contributed by atoms with Gasteiger partial charge in [0.2, 0.25) is 0 Å². The highest BCUT2D eigenvalue weighted by Gasteiger charge is 2.32. The Morgan fingerprint density at radius 2 is 1.66 bits per heavy atom. The van der Waals surface area contributed by atoms with Crippen LogP contribution in [0.25, 0.3) is 11.1 Å². The van der Waals surface area contributed by atoms with Crippen LogP contribution in [0, 0.1) is 0 Å². The Morgan fingerprint density at radius 3 is 2.31 bits per heavy atom. The molecular formula is C21H14F3NO6S. The third-order valence-electron chi connectivity index (χ3n) is 4.24. The summed E-state index contributed by atoms with van der Waals surface area (Å²) in [6.45, 7) is -0.0833. The minimum Gasteiger partial charge on any atom is -0.478 e. The number of para-hydroxylation sites is 1. The van der Waals surface area contributed by atoms with E-state index in [9.17, 15) is 27.6 Å². The first kappa shape index (κ1) is 22.8. The summed E-state index contributed by atoms with van der Waals surface area (Å²) in [7, 11) is 0. The average molecular weight is 465 g/mol. The van der Waals surface area contributed by atoms with Crippen LogP contribution in [0.1, 0.15) is 36.0 Å². The minimum atomic E-state index is -4.86. The number of amides is 1. The average Bonchev–Trinajstić information content (AvgIpc) is 3.21. The maximum atomic E-state index is 12.6. The molecule has 0 aliphatic rings. The number of hydrogen-bond acceptors (Lipinski definition) is 5. The molecule has 7 nitrogen and oxygen atoms in total. The van der Waals surface area contributed by atoms with Crippen molar-refractivity contribution in [1.82, 2.24) is 5.32 Å². The van der Waals surface area contributed by atoms with E-state index in [4.69, 9.17) is 10.2 Å². The molecule has 3 aromatic rings. The molecule has 0 bridgehead atoms. The summed E-state index contributed by atoms with van der Waals surface area (Å²) in [5.41, 5.74) is 0.0926. The summed E-state index contributed by atoms with van der Waals surface area (Å²) in [5, 5.41) is 22.3. The third-order valence-corrected chi connectivity index (χ3v) is 5.17. The van der Waals surface area contributed by atoms with Crippen molar-refractivity contribution in [2.24, 2.45) is 0 Å². The molecule has 0 saturated heterocycles. The highest BCUT2D eigenvalue weighted by atomic mass is 32.1. The second-order valence-electron chi connectivity index (χ2n) is 6.42. The summed E-state index contributed by atoms with van der Waals surface area (Å²) in [4.78, 5) is 35.0. The van der Waals surface area contributed by atoms with E-state index < -0.39 is 35.5 Å². The van der Waals surface area contributed by atoms with Crippen molar-refractivity contribution in [3.8, 4) is 16.9 Å². The topological polar surface area (TPSA) is 113 Å². The molecule has 0 spiro atoms. The third kappa shape index (κ3) is 5.43. The predicted octanol–water partition coefficient (Wildman–Crippen LogP) is 4.64. The van der Waals surface area contributed by atoms with E-state index in [0.717, 1.165) is 23.5 Å². The fraction of sp³-hybridized carbons (Fsp3) is 0.0952. The van der Waals surface area contributed by atoms with Crippen LogP contribution in [-0.2, 0) is 6.54 Å². The molecule has 0 fully saturated rings. The second kappa shape index (κ2) is 9.10. The second-order valence-corrected chi connectivity index (χ2v) is 7.33. The van der Waals surface area contributed by atoms with Gasteiger partial charge in [0, 0.05) is 12.1 Å². The van der Waals surface area contributed by atoms with E-state index in [0.29, 0.717) is 11.1 Å². The number of carboxylic acids is 2. The summed E-state index contributed by atoms with van der Waals surface area (Å²) in [5.74, 6) is -3.74. The lowest BCUT2D eigenvalue weighted by atomic mass is 10.0. The zero-order valence-corrected chi connectivity index (χ0v) is 16.8. The van der Waals surface area contributed by atoms with E-state index in [1.807, 2.05) is 0 Å². The van der Waals surface area contributed by atoms with Crippen LogP contribution < -0.4 is 10.1 Å². The fourth-order valence-electron chi connectivity index (χ4n) is 2.85. The normalized spacial score (nSPS) is 11.1. The van der Waals surface area contributed by atoms with Crippen LogP contribution in [0.5, 0.6) is 5.75 Å². The highest BCUT2D eigenvalue weighted by molar-refractivity contribution is 7.12. The summed E-state index contributed by atoms with van der Waals surface area (Å²) in [6.07, 6.45) is -4.86. The Labute approximate surface area is 182 Å². The van der Waals surface area contributed by atoms with Crippen molar-refractivity contribution in [3.05, 3.63) is 75.5 Å². The number of carboxylic acid groups (broad SMARTS) is 2. The Balaban J connectivity index is 1.75. The van der Waals surface area contributed by atoms with E-state index in [1.54, 1.807) is 0 Å². The molecule has 32 heavy (non-hydrogen) atoms. The number of carbonyl (C=O) groups is 3. The van der Waals surface area contributed by atoms with E-state index in [-0.39, 0.29) is 22.5 Å². The number of halogens is 3. The Kier molecular flexibility index (Phi) is 6.49. The lowest BCUT2D eigenvalue weighted by molar-refractivity contribution is -0.274. The maximum Gasteiger partial charge on any atom is 0.573 e. The molecular weight excluding hydrogens is 451 g/mol. The molecule has 0 aliphatic carbocycles. The van der Waals surface area contributed by atoms with Gasteiger partial charge in [-0.3, -0.25) is 4.79 Å². The molecule has 166 valence electrons. The van der Waals surface area contributed by atoms with Crippen molar-refractivity contribution in [2.75, 3.05) is 0 Å². The van der Waals surface area contributed by atoms with Gasteiger partial charge in [0.25, 0.3) is 5.91 Å². The van der Waals surface area contributed by atoms with E-state index >= 15 is 0 Å². The summed E-state index contributed by atoms with van der Waals surface area (Å²) >= 11 is 1.01. The number of ether oxygens (including phenoxy) is 1. The molecule has 3 rings (SSSR count). The number of hydrogen-bond donors (Lipinski definition) is 3. The number of aromatic carboxylic acids is 2. The lowest BCUT2D eigenvalue weighted by Crippen LogP contribution is -2.22. The van der Waals surface area contributed by atoms with E-state index in [2.05, 4.69) is 10.1 Å². The number of nitrogens with one attached hydrogen (secondary N) is 1. The van der Waals surface area contributed by atoms with Crippen molar-refractivity contribution in [1.29, 1.82) is 0 Å². The lowest BCUT2D eigenvalue weighted by Gasteiger charge is -2.12. The van der Waals surface area contributed by atoms with Crippen molar-refractivity contribution in [2.45, 2.75) is 12.9 Å². The van der Waals surface area contributed by atoms with Gasteiger partial charge >= 0.3 is 18.3 Å². The minimum absolute atomic E-state index is 0.0833. The number of alkyl halides is 3. The first-order valence-corrected chi connectivity index (χ1v) is 9.74. The van der Waals surface area contributed by atoms with E-state index in [1.165, 1.54) is 41.8 Å². The van der Waals surface area contributed by atoms with Gasteiger partial charge in [-0.15, -0.1) is 24.5 Å². The van der Waals surface area contributed by atoms with Crippen molar-refractivity contribution >= 4 is 29.2 Å². The van der Waals surface area contributed by atoms with Gasteiger partial charge in [-0.25, -0.2) is 9.59 Å². The molecule has 3 N–H and O–H groups in total. The number of thiophene rings is 1. The predicted molar refractivity (Wildman–Crippen MR) is 108 cm³/mol. The van der Waals surface area contributed by atoms with Gasteiger partial charge in [0.15, 0.2) is 0 Å². The first-order valence-electron chi connectivity index (χ1n) is 8.86. The smallest absolute Gasteiger partial charge is 0.478 e. The molecule has 1 aromatic heterocycles. The molecule has 0 unspecified atom stereocenters. The van der Waals surface area contributed by atoms with Gasteiger partial charge in [0.05, 0.1) is 16.0 Å². The van der Waals surface area contributed by atoms with Gasteiger partial charge < -0.3 is 20.3 Å². The van der Waals surface area contributed by atoms with Gasteiger partial charge in [-0.1, -0.05) is 24.3 Å². The Bertz CT molecular complexity index is 1190. The fourth-order valence-corrected chi connectivity index (χ4v) is 3.67. The first-order chi connectivity index (χ1) is 15.0. The molecule has 11 heteroatoms. The van der Waals surface area contributed by atoms with Crippen molar-refractivity contribution < 1.29 is 42.5 Å².